The third-order valence-corrected chi connectivity index (χ3v) is 6.33. The molecule has 1 aliphatic rings. The van der Waals surface area contributed by atoms with E-state index in [0.29, 0.717) is 38.7 Å². The van der Waals surface area contributed by atoms with Crippen LogP contribution in [-0.2, 0) is 9.53 Å². The molecular formula is C16H31NO5Si. The SMILES string of the molecule is CCC[C@H]([N+](=O)[O-])[C@@]1(O)CCC[C@@H](C(=O)OCC[Si](C)(C)C)C1. The zero-order valence-corrected chi connectivity index (χ0v) is 15.8. The van der Waals surface area contributed by atoms with Crippen molar-refractivity contribution in [1.82, 2.24) is 0 Å². The molecule has 0 amide bonds. The molecule has 0 spiro atoms. The van der Waals surface area contributed by atoms with Crippen molar-refractivity contribution in [2.75, 3.05) is 6.61 Å². The molecule has 0 bridgehead atoms. The molecule has 1 aliphatic carbocycles. The Morgan fingerprint density at radius 3 is 2.65 bits per heavy atom. The van der Waals surface area contributed by atoms with E-state index in [0.717, 1.165) is 6.04 Å². The van der Waals surface area contributed by atoms with Crippen LogP contribution in [0.2, 0.25) is 25.7 Å². The normalized spacial score (nSPS) is 26.6. The van der Waals surface area contributed by atoms with E-state index in [-0.39, 0.29) is 17.3 Å². The summed E-state index contributed by atoms with van der Waals surface area (Å²) in [7, 11) is -1.26. The van der Waals surface area contributed by atoms with Crippen molar-refractivity contribution < 1.29 is 19.6 Å². The molecule has 1 N–H and O–H groups in total. The van der Waals surface area contributed by atoms with Crippen LogP contribution in [0.5, 0.6) is 0 Å². The van der Waals surface area contributed by atoms with Gasteiger partial charge in [-0.2, -0.15) is 0 Å². The van der Waals surface area contributed by atoms with Crippen molar-refractivity contribution in [3.8, 4) is 0 Å². The lowest BCUT2D eigenvalue weighted by Crippen LogP contribution is -2.51. The molecular weight excluding hydrogens is 314 g/mol. The lowest BCUT2D eigenvalue weighted by molar-refractivity contribution is -0.548. The number of nitro groups is 1. The molecule has 1 fully saturated rings. The smallest absolute Gasteiger partial charge is 0.309 e. The van der Waals surface area contributed by atoms with Crippen LogP contribution in [0.15, 0.2) is 0 Å². The highest BCUT2D eigenvalue weighted by atomic mass is 28.3. The van der Waals surface area contributed by atoms with E-state index in [2.05, 4.69) is 19.6 Å². The van der Waals surface area contributed by atoms with Crippen LogP contribution >= 0.6 is 0 Å². The number of hydrogen-bond acceptors (Lipinski definition) is 5. The van der Waals surface area contributed by atoms with Crippen LogP contribution < -0.4 is 0 Å². The number of esters is 1. The van der Waals surface area contributed by atoms with Gasteiger partial charge in [-0.15, -0.1) is 0 Å². The standard InChI is InChI=1S/C16H31NO5Si/c1-5-7-14(17(20)21)16(19)9-6-8-13(12-16)15(18)22-10-11-23(2,3)4/h13-14,19H,5-12H2,1-4H3/t13-,14+,16-/m1/s1. The van der Waals surface area contributed by atoms with Gasteiger partial charge in [0.2, 0.25) is 6.04 Å². The van der Waals surface area contributed by atoms with Gasteiger partial charge in [-0.1, -0.05) is 26.6 Å². The second-order valence-corrected chi connectivity index (χ2v) is 13.6. The number of ether oxygens (including phenoxy) is 1. The van der Waals surface area contributed by atoms with Crippen molar-refractivity contribution in [2.24, 2.45) is 5.92 Å². The van der Waals surface area contributed by atoms with E-state index < -0.39 is 25.6 Å². The summed E-state index contributed by atoms with van der Waals surface area (Å²) in [4.78, 5) is 23.1. The van der Waals surface area contributed by atoms with Gasteiger partial charge in [-0.25, -0.2) is 0 Å². The van der Waals surface area contributed by atoms with Crippen LogP contribution in [0.1, 0.15) is 45.4 Å². The number of aliphatic hydroxyl groups is 1. The summed E-state index contributed by atoms with van der Waals surface area (Å²) in [5.74, 6) is -0.727. The summed E-state index contributed by atoms with van der Waals surface area (Å²) < 4.78 is 5.37. The Kier molecular flexibility index (Phi) is 7.19. The minimum atomic E-state index is -1.39. The summed E-state index contributed by atoms with van der Waals surface area (Å²) in [6.45, 7) is 8.92. The lowest BCUT2D eigenvalue weighted by Gasteiger charge is -2.37. The van der Waals surface area contributed by atoms with Crippen molar-refractivity contribution >= 4 is 14.0 Å². The van der Waals surface area contributed by atoms with Gasteiger partial charge in [-0.05, 0) is 38.1 Å². The molecule has 23 heavy (non-hydrogen) atoms. The monoisotopic (exact) mass is 345 g/mol. The van der Waals surface area contributed by atoms with Gasteiger partial charge in [0.15, 0.2) is 0 Å². The molecule has 0 aromatic heterocycles. The zero-order chi connectivity index (χ0) is 17.7. The summed E-state index contributed by atoms with van der Waals surface area (Å²) in [5.41, 5.74) is -1.39. The topological polar surface area (TPSA) is 89.7 Å². The van der Waals surface area contributed by atoms with Crippen LogP contribution in [0, 0.1) is 16.0 Å². The minimum Gasteiger partial charge on any atom is -0.466 e. The molecule has 0 heterocycles. The molecule has 0 unspecified atom stereocenters. The van der Waals surface area contributed by atoms with Crippen molar-refractivity contribution in [2.45, 2.75) is 82.8 Å². The Balaban J connectivity index is 2.65. The van der Waals surface area contributed by atoms with E-state index in [1.54, 1.807) is 0 Å². The Labute approximate surface area is 139 Å². The molecule has 0 saturated heterocycles. The fraction of sp³-hybridized carbons (Fsp3) is 0.938. The summed E-state index contributed by atoms with van der Waals surface area (Å²) in [5, 5.41) is 22.1. The van der Waals surface area contributed by atoms with E-state index in [1.165, 1.54) is 0 Å². The van der Waals surface area contributed by atoms with Gasteiger partial charge < -0.3 is 9.84 Å². The van der Waals surface area contributed by atoms with Gasteiger partial charge in [-0.3, -0.25) is 14.9 Å². The number of hydrogen-bond donors (Lipinski definition) is 1. The predicted molar refractivity (Wildman–Crippen MR) is 91.7 cm³/mol. The van der Waals surface area contributed by atoms with Crippen molar-refractivity contribution in [3.05, 3.63) is 10.1 Å². The summed E-state index contributed by atoms with van der Waals surface area (Å²) >= 11 is 0. The van der Waals surface area contributed by atoms with Crippen LogP contribution in [-0.4, -0.2) is 42.3 Å². The average Bonchev–Trinajstić information content (AvgIpc) is 2.42. The second kappa shape index (κ2) is 8.24. The Bertz CT molecular complexity index is 423. The summed E-state index contributed by atoms with van der Waals surface area (Å²) in [6.07, 6.45) is 2.77. The Hall–Kier alpha value is -0.953. The Morgan fingerprint density at radius 1 is 1.48 bits per heavy atom. The van der Waals surface area contributed by atoms with Gasteiger partial charge in [0.25, 0.3) is 0 Å². The van der Waals surface area contributed by atoms with Gasteiger partial charge in [0.05, 0.1) is 12.5 Å². The number of nitrogens with zero attached hydrogens (tertiary/aromatic N) is 1. The van der Waals surface area contributed by atoms with Crippen LogP contribution in [0.4, 0.5) is 0 Å². The first-order valence-corrected chi connectivity index (χ1v) is 12.3. The Morgan fingerprint density at radius 2 is 2.13 bits per heavy atom. The highest BCUT2D eigenvalue weighted by molar-refractivity contribution is 6.76. The first kappa shape index (κ1) is 20.1. The third-order valence-electron chi connectivity index (χ3n) is 4.63. The van der Waals surface area contributed by atoms with Gasteiger partial charge in [0.1, 0.15) is 5.60 Å². The number of carbonyl (C=O) groups excluding carboxylic acids is 1. The first-order chi connectivity index (χ1) is 10.6. The lowest BCUT2D eigenvalue weighted by atomic mass is 9.73. The van der Waals surface area contributed by atoms with Gasteiger partial charge in [0, 0.05) is 19.4 Å². The number of rotatable bonds is 8. The fourth-order valence-corrected chi connectivity index (χ4v) is 3.92. The van der Waals surface area contributed by atoms with Crippen molar-refractivity contribution in [1.29, 1.82) is 0 Å². The van der Waals surface area contributed by atoms with Gasteiger partial charge >= 0.3 is 5.97 Å². The highest BCUT2D eigenvalue weighted by Crippen LogP contribution is 2.37. The quantitative estimate of drug-likeness (QED) is 0.316. The maximum absolute atomic E-state index is 12.2. The maximum Gasteiger partial charge on any atom is 0.309 e. The average molecular weight is 346 g/mol. The van der Waals surface area contributed by atoms with E-state index in [1.807, 2.05) is 6.92 Å². The van der Waals surface area contributed by atoms with E-state index >= 15 is 0 Å². The molecule has 3 atom stereocenters. The molecule has 0 aromatic carbocycles. The summed E-state index contributed by atoms with van der Waals surface area (Å²) in [6, 6.07) is -0.0895. The molecule has 0 radical (unpaired) electrons. The molecule has 0 aromatic rings. The van der Waals surface area contributed by atoms with E-state index in [4.69, 9.17) is 4.74 Å². The molecule has 134 valence electrons. The largest absolute Gasteiger partial charge is 0.466 e. The zero-order valence-electron chi connectivity index (χ0n) is 14.8. The van der Waals surface area contributed by atoms with Crippen LogP contribution in [0.25, 0.3) is 0 Å². The maximum atomic E-state index is 12.2. The minimum absolute atomic E-state index is 0.143. The van der Waals surface area contributed by atoms with Crippen LogP contribution in [0.3, 0.4) is 0 Å². The highest BCUT2D eigenvalue weighted by Gasteiger charge is 2.49. The first-order valence-electron chi connectivity index (χ1n) is 8.61. The fourth-order valence-electron chi connectivity index (χ4n) is 3.21. The molecule has 0 aliphatic heterocycles. The number of carbonyl (C=O) groups is 1. The van der Waals surface area contributed by atoms with Crippen molar-refractivity contribution in [3.63, 3.8) is 0 Å². The molecule has 1 saturated carbocycles. The predicted octanol–water partition coefficient (Wildman–Crippen LogP) is 3.23. The second-order valence-electron chi connectivity index (χ2n) is 7.96. The van der Waals surface area contributed by atoms with E-state index in [9.17, 15) is 20.0 Å². The molecule has 1 rings (SSSR count). The molecule has 7 heteroatoms. The third kappa shape index (κ3) is 6.22. The molecule has 6 nitrogen and oxygen atoms in total.